The maximum atomic E-state index is 13.4. The Bertz CT molecular complexity index is 1690. The van der Waals surface area contributed by atoms with Crippen LogP contribution in [0.15, 0.2) is 85.5 Å². The summed E-state index contributed by atoms with van der Waals surface area (Å²) < 4.78 is 21.2. The summed E-state index contributed by atoms with van der Waals surface area (Å²) in [6.07, 6.45) is 5.43. The van der Waals surface area contributed by atoms with E-state index >= 15 is 0 Å². The monoisotopic (exact) mass is 573 g/mol. The lowest BCUT2D eigenvalue weighted by Gasteiger charge is -2.14. The summed E-state index contributed by atoms with van der Waals surface area (Å²) in [6, 6.07) is 19.7. The number of benzene rings is 3. The zero-order valence-corrected chi connectivity index (χ0v) is 23.0. The molecule has 0 unspecified atom stereocenters. The molecule has 5 aromatic rings. The van der Waals surface area contributed by atoms with Crippen molar-refractivity contribution < 1.29 is 13.9 Å². The van der Waals surface area contributed by atoms with Crippen molar-refractivity contribution in [2.24, 2.45) is 0 Å². The van der Waals surface area contributed by atoms with Crippen LogP contribution in [0.5, 0.6) is 5.75 Å². The van der Waals surface area contributed by atoms with Gasteiger partial charge in [-0.1, -0.05) is 29.8 Å². The van der Waals surface area contributed by atoms with Gasteiger partial charge in [0.2, 0.25) is 5.91 Å². The second-order valence-corrected chi connectivity index (χ2v) is 10.9. The normalized spacial score (nSPS) is 13.1. The van der Waals surface area contributed by atoms with Crippen molar-refractivity contribution in [1.29, 1.82) is 0 Å². The fraction of sp³-hybridized carbons (Fsp3) is 0.167. The van der Waals surface area contributed by atoms with Gasteiger partial charge in [-0.3, -0.25) is 4.79 Å². The third-order valence-electron chi connectivity index (χ3n) is 6.62. The lowest BCUT2D eigenvalue weighted by Crippen LogP contribution is -2.30. The Morgan fingerprint density at radius 3 is 2.83 bits per heavy atom. The minimum atomic E-state index is -0.309. The summed E-state index contributed by atoms with van der Waals surface area (Å²) in [5.41, 5.74) is 4.24. The van der Waals surface area contributed by atoms with Gasteiger partial charge in [0.25, 0.3) is 0 Å². The molecule has 1 aliphatic rings. The van der Waals surface area contributed by atoms with E-state index < -0.39 is 0 Å². The smallest absolute Gasteiger partial charge is 0.243 e. The van der Waals surface area contributed by atoms with Crippen LogP contribution < -0.4 is 10.1 Å². The van der Waals surface area contributed by atoms with Gasteiger partial charge in [-0.05, 0) is 65.2 Å². The Labute approximate surface area is 240 Å². The van der Waals surface area contributed by atoms with E-state index in [4.69, 9.17) is 16.3 Å². The standard InChI is InChI=1S/C30H25ClFN5O2S/c31-26-14-24(5-7-28(26)39-17-20-2-1-3-23(32)12-20)35-30-25-13-21(4-6-27(25)33-18-34-30)22-8-9-36(15-22)16-29(38)37-10-11-40-19-37/h1-9,12-15,18H,10-11,16-17,19H2,(H,33,34,35). The van der Waals surface area contributed by atoms with Crippen LogP contribution >= 0.6 is 23.4 Å². The second kappa shape index (κ2) is 11.6. The number of amides is 1. The van der Waals surface area contributed by atoms with Crippen molar-refractivity contribution in [2.75, 3.05) is 23.5 Å². The van der Waals surface area contributed by atoms with Gasteiger partial charge in [-0.25, -0.2) is 14.4 Å². The van der Waals surface area contributed by atoms with Crippen LogP contribution in [0.2, 0.25) is 5.02 Å². The van der Waals surface area contributed by atoms with Crippen molar-refractivity contribution in [3.8, 4) is 16.9 Å². The van der Waals surface area contributed by atoms with E-state index in [1.807, 2.05) is 52.2 Å². The van der Waals surface area contributed by atoms with Gasteiger partial charge in [-0.15, -0.1) is 11.8 Å². The maximum Gasteiger partial charge on any atom is 0.243 e. The van der Waals surface area contributed by atoms with Crippen LogP contribution in [0.4, 0.5) is 15.9 Å². The lowest BCUT2D eigenvalue weighted by atomic mass is 10.1. The first kappa shape index (κ1) is 26.2. The Hall–Kier alpha value is -4.08. The van der Waals surface area contributed by atoms with Crippen LogP contribution in [0.25, 0.3) is 22.0 Å². The van der Waals surface area contributed by atoms with E-state index in [-0.39, 0.29) is 18.3 Å². The molecule has 3 heterocycles. The maximum absolute atomic E-state index is 13.4. The number of anilines is 2. The zero-order chi connectivity index (χ0) is 27.5. The number of thioether (sulfide) groups is 1. The molecule has 0 aliphatic carbocycles. The number of aromatic nitrogens is 3. The number of ether oxygens (including phenoxy) is 1. The SMILES string of the molecule is O=C(Cn1ccc(-c2ccc3ncnc(Nc4ccc(OCc5cccc(F)c5)c(Cl)c4)c3c2)c1)N1CCSC1. The van der Waals surface area contributed by atoms with Crippen LogP contribution in [0.3, 0.4) is 0 Å². The molecule has 0 saturated carbocycles. The summed E-state index contributed by atoms with van der Waals surface area (Å²) >= 11 is 8.28. The lowest BCUT2D eigenvalue weighted by molar-refractivity contribution is -0.130. The molecule has 1 fully saturated rings. The number of fused-ring (bicyclic) bond motifs is 1. The van der Waals surface area contributed by atoms with E-state index in [2.05, 4.69) is 15.3 Å². The summed E-state index contributed by atoms with van der Waals surface area (Å²) in [6.45, 7) is 1.34. The highest BCUT2D eigenvalue weighted by Gasteiger charge is 2.18. The largest absolute Gasteiger partial charge is 0.487 e. The molecule has 0 bridgehead atoms. The molecule has 1 aliphatic heterocycles. The molecule has 10 heteroatoms. The first-order valence-corrected chi connectivity index (χ1v) is 14.3. The fourth-order valence-electron chi connectivity index (χ4n) is 4.53. The van der Waals surface area contributed by atoms with Gasteiger partial charge >= 0.3 is 0 Å². The topological polar surface area (TPSA) is 72.3 Å². The Kier molecular flexibility index (Phi) is 7.57. The summed E-state index contributed by atoms with van der Waals surface area (Å²) in [5.74, 6) is 2.73. The van der Waals surface area contributed by atoms with E-state index in [1.54, 1.807) is 36.0 Å². The van der Waals surface area contributed by atoms with Crippen molar-refractivity contribution in [2.45, 2.75) is 13.2 Å². The predicted octanol–water partition coefficient (Wildman–Crippen LogP) is 6.75. The predicted molar refractivity (Wildman–Crippen MR) is 157 cm³/mol. The average Bonchev–Trinajstić information content (AvgIpc) is 3.66. The average molecular weight is 574 g/mol. The first-order chi connectivity index (χ1) is 19.5. The van der Waals surface area contributed by atoms with Crippen molar-refractivity contribution in [3.63, 3.8) is 0 Å². The molecular weight excluding hydrogens is 549 g/mol. The Morgan fingerprint density at radius 1 is 1.07 bits per heavy atom. The number of halogens is 2. The van der Waals surface area contributed by atoms with Crippen molar-refractivity contribution in [1.82, 2.24) is 19.4 Å². The minimum Gasteiger partial charge on any atom is -0.487 e. The highest BCUT2D eigenvalue weighted by molar-refractivity contribution is 7.99. The van der Waals surface area contributed by atoms with Gasteiger partial charge in [0.15, 0.2) is 0 Å². The van der Waals surface area contributed by atoms with E-state index in [0.29, 0.717) is 28.7 Å². The van der Waals surface area contributed by atoms with Crippen LogP contribution in [-0.2, 0) is 17.9 Å². The summed E-state index contributed by atoms with van der Waals surface area (Å²) in [4.78, 5) is 23.3. The first-order valence-electron chi connectivity index (χ1n) is 12.7. The summed E-state index contributed by atoms with van der Waals surface area (Å²) in [7, 11) is 0. The van der Waals surface area contributed by atoms with Gasteiger partial charge in [0, 0.05) is 35.8 Å². The second-order valence-electron chi connectivity index (χ2n) is 9.41. The molecule has 6 rings (SSSR count). The molecule has 1 amide bonds. The van der Waals surface area contributed by atoms with Gasteiger partial charge in [-0.2, -0.15) is 0 Å². The Morgan fingerprint density at radius 2 is 2.00 bits per heavy atom. The molecule has 202 valence electrons. The molecule has 1 saturated heterocycles. The minimum absolute atomic E-state index is 0.134. The van der Waals surface area contributed by atoms with Crippen molar-refractivity contribution in [3.05, 3.63) is 102 Å². The molecule has 7 nitrogen and oxygen atoms in total. The molecule has 0 radical (unpaired) electrons. The quantitative estimate of drug-likeness (QED) is 0.221. The number of carbonyl (C=O) groups excluding carboxylic acids is 1. The van der Waals surface area contributed by atoms with Gasteiger partial charge in [0.1, 0.15) is 36.9 Å². The number of carbonyl (C=O) groups is 1. The number of nitrogens with one attached hydrogen (secondary N) is 1. The van der Waals surface area contributed by atoms with Gasteiger partial charge < -0.3 is 19.5 Å². The molecular formula is C30H25ClFN5O2S. The molecule has 3 aromatic carbocycles. The molecule has 40 heavy (non-hydrogen) atoms. The van der Waals surface area contributed by atoms with Crippen LogP contribution in [0, 0.1) is 5.82 Å². The molecule has 1 N–H and O–H groups in total. The number of nitrogens with zero attached hydrogens (tertiary/aromatic N) is 4. The molecule has 2 aromatic heterocycles. The van der Waals surface area contributed by atoms with Crippen LogP contribution in [0.1, 0.15) is 5.56 Å². The van der Waals surface area contributed by atoms with Crippen LogP contribution in [-0.4, -0.2) is 43.5 Å². The highest BCUT2D eigenvalue weighted by atomic mass is 35.5. The van der Waals surface area contributed by atoms with Gasteiger partial charge in [0.05, 0.1) is 16.4 Å². The number of rotatable bonds is 8. The third-order valence-corrected chi connectivity index (χ3v) is 7.88. The zero-order valence-electron chi connectivity index (χ0n) is 21.4. The van der Waals surface area contributed by atoms with E-state index in [0.717, 1.165) is 45.9 Å². The Balaban J connectivity index is 1.18. The molecule has 0 atom stereocenters. The number of hydrogen-bond donors (Lipinski definition) is 1. The number of hydrogen-bond acceptors (Lipinski definition) is 6. The van der Waals surface area contributed by atoms with E-state index in [9.17, 15) is 9.18 Å². The molecule has 0 spiro atoms. The summed E-state index contributed by atoms with van der Waals surface area (Å²) in [5, 5.41) is 4.61. The van der Waals surface area contributed by atoms with Crippen molar-refractivity contribution >= 4 is 51.7 Å². The van der Waals surface area contributed by atoms with E-state index in [1.165, 1.54) is 18.5 Å². The fourth-order valence-corrected chi connectivity index (χ4v) is 5.74. The highest BCUT2D eigenvalue weighted by Crippen LogP contribution is 2.32. The third kappa shape index (κ3) is 5.90.